The maximum Gasteiger partial charge on any atom is 0.0742 e. The third-order valence-electron chi connectivity index (χ3n) is 2.69. The molecule has 2 atom stereocenters. The highest BCUT2D eigenvalue weighted by Gasteiger charge is 2.22. The Bertz CT molecular complexity index is 199. The fourth-order valence-corrected chi connectivity index (χ4v) is 2.22. The van der Waals surface area contributed by atoms with Gasteiger partial charge in [-0.05, 0) is 20.3 Å². The summed E-state index contributed by atoms with van der Waals surface area (Å²) >= 11 is 4.93. The first-order valence-corrected chi connectivity index (χ1v) is 5.64. The van der Waals surface area contributed by atoms with Gasteiger partial charge in [0.05, 0.1) is 11.6 Å². The van der Waals surface area contributed by atoms with Crippen LogP contribution in [0.5, 0.6) is 0 Å². The van der Waals surface area contributed by atoms with Gasteiger partial charge in [-0.25, -0.2) is 0 Å². The van der Waals surface area contributed by atoms with Crippen LogP contribution >= 0.6 is 12.2 Å². The van der Waals surface area contributed by atoms with Gasteiger partial charge >= 0.3 is 0 Å². The molecule has 0 saturated carbocycles. The Labute approximate surface area is 91.6 Å². The van der Waals surface area contributed by atoms with Gasteiger partial charge in [0, 0.05) is 31.7 Å². The van der Waals surface area contributed by atoms with Gasteiger partial charge in [0.1, 0.15) is 0 Å². The number of nitrogens with zero attached hydrogens (tertiary/aromatic N) is 1. The van der Waals surface area contributed by atoms with Crippen molar-refractivity contribution in [3.63, 3.8) is 0 Å². The zero-order chi connectivity index (χ0) is 10.6. The van der Waals surface area contributed by atoms with Gasteiger partial charge in [0.25, 0.3) is 0 Å². The maximum absolute atomic E-state index is 5.56. The summed E-state index contributed by atoms with van der Waals surface area (Å²) < 4.78 is 5.49. The molecule has 0 aromatic rings. The molecule has 1 fully saturated rings. The molecule has 0 bridgehead atoms. The van der Waals surface area contributed by atoms with Crippen molar-refractivity contribution in [3.05, 3.63) is 0 Å². The molecular weight excluding hydrogens is 196 g/mol. The summed E-state index contributed by atoms with van der Waals surface area (Å²) in [7, 11) is 0. The Balaban J connectivity index is 2.49. The van der Waals surface area contributed by atoms with Crippen LogP contribution in [0.4, 0.5) is 0 Å². The Kier molecular flexibility index (Phi) is 4.78. The minimum atomic E-state index is 0.434. The van der Waals surface area contributed by atoms with Crippen molar-refractivity contribution in [1.82, 2.24) is 4.90 Å². The molecule has 0 aromatic carbocycles. The minimum absolute atomic E-state index is 0.434. The second-order valence-corrected chi connectivity index (χ2v) is 4.56. The van der Waals surface area contributed by atoms with E-state index in [1.165, 1.54) is 0 Å². The minimum Gasteiger partial charge on any atom is -0.393 e. The average Bonchev–Trinajstić information content (AvgIpc) is 2.28. The van der Waals surface area contributed by atoms with Crippen molar-refractivity contribution < 1.29 is 4.74 Å². The van der Waals surface area contributed by atoms with Crippen molar-refractivity contribution in [2.75, 3.05) is 19.8 Å². The quantitative estimate of drug-likeness (QED) is 0.719. The molecule has 1 aliphatic rings. The van der Waals surface area contributed by atoms with Crippen LogP contribution in [0.2, 0.25) is 0 Å². The van der Waals surface area contributed by atoms with Crippen LogP contribution < -0.4 is 5.73 Å². The lowest BCUT2D eigenvalue weighted by Gasteiger charge is -2.32. The SMILES string of the molecule is CC1COCCCN1C(C)CC(N)=S. The zero-order valence-electron chi connectivity index (χ0n) is 9.03. The third kappa shape index (κ3) is 3.52. The van der Waals surface area contributed by atoms with Gasteiger partial charge in [-0.15, -0.1) is 0 Å². The zero-order valence-corrected chi connectivity index (χ0v) is 9.85. The molecular formula is C10H20N2OS. The fourth-order valence-electron chi connectivity index (χ4n) is 1.98. The molecule has 0 amide bonds. The second-order valence-electron chi connectivity index (χ2n) is 4.03. The topological polar surface area (TPSA) is 38.5 Å². The number of nitrogens with two attached hydrogens (primary N) is 1. The summed E-state index contributed by atoms with van der Waals surface area (Å²) in [5.41, 5.74) is 5.56. The van der Waals surface area contributed by atoms with E-state index in [0.29, 0.717) is 17.1 Å². The van der Waals surface area contributed by atoms with E-state index in [4.69, 9.17) is 22.7 Å². The average molecular weight is 216 g/mol. The van der Waals surface area contributed by atoms with Crippen molar-refractivity contribution in [2.24, 2.45) is 5.73 Å². The van der Waals surface area contributed by atoms with Crippen LogP contribution in [0.1, 0.15) is 26.7 Å². The molecule has 0 aromatic heterocycles. The molecule has 1 rings (SSSR count). The molecule has 1 heterocycles. The first kappa shape index (κ1) is 11.9. The summed E-state index contributed by atoms with van der Waals surface area (Å²) in [6.45, 7) is 7.16. The number of ether oxygens (including phenoxy) is 1. The number of rotatable bonds is 3. The smallest absolute Gasteiger partial charge is 0.0742 e. The van der Waals surface area contributed by atoms with E-state index in [0.717, 1.165) is 32.6 Å². The molecule has 0 radical (unpaired) electrons. The highest BCUT2D eigenvalue weighted by molar-refractivity contribution is 7.80. The van der Waals surface area contributed by atoms with Crippen LogP contribution in [0, 0.1) is 0 Å². The van der Waals surface area contributed by atoms with Gasteiger partial charge < -0.3 is 10.5 Å². The summed E-state index contributed by atoms with van der Waals surface area (Å²) in [5, 5.41) is 0. The van der Waals surface area contributed by atoms with E-state index < -0.39 is 0 Å². The van der Waals surface area contributed by atoms with E-state index in [-0.39, 0.29) is 0 Å². The Morgan fingerprint density at radius 3 is 3.07 bits per heavy atom. The van der Waals surface area contributed by atoms with Gasteiger partial charge in [-0.3, -0.25) is 4.90 Å². The highest BCUT2D eigenvalue weighted by atomic mass is 32.1. The molecule has 2 N–H and O–H groups in total. The second kappa shape index (κ2) is 5.63. The van der Waals surface area contributed by atoms with E-state index >= 15 is 0 Å². The molecule has 1 aliphatic heterocycles. The van der Waals surface area contributed by atoms with Crippen LogP contribution in [-0.2, 0) is 4.74 Å². The maximum atomic E-state index is 5.56. The van der Waals surface area contributed by atoms with E-state index in [1.807, 2.05) is 0 Å². The molecule has 0 aliphatic carbocycles. The predicted molar refractivity (Wildman–Crippen MR) is 62.5 cm³/mol. The summed E-state index contributed by atoms with van der Waals surface area (Å²) in [6.07, 6.45) is 1.91. The first-order valence-electron chi connectivity index (χ1n) is 5.23. The Morgan fingerprint density at radius 2 is 2.43 bits per heavy atom. The molecule has 2 unspecified atom stereocenters. The molecule has 14 heavy (non-hydrogen) atoms. The third-order valence-corrected chi connectivity index (χ3v) is 2.86. The fraction of sp³-hybridized carbons (Fsp3) is 0.900. The molecule has 0 spiro atoms. The number of hydrogen-bond donors (Lipinski definition) is 1. The lowest BCUT2D eigenvalue weighted by molar-refractivity contribution is 0.0935. The number of hydrogen-bond acceptors (Lipinski definition) is 3. The first-order chi connectivity index (χ1) is 6.61. The monoisotopic (exact) mass is 216 g/mol. The Morgan fingerprint density at radius 1 is 1.71 bits per heavy atom. The standard InChI is InChI=1S/C10H20N2OS/c1-8(6-10(11)14)12-4-3-5-13-7-9(12)2/h8-9H,3-7H2,1-2H3,(H2,11,14). The van der Waals surface area contributed by atoms with E-state index in [1.54, 1.807) is 0 Å². The largest absolute Gasteiger partial charge is 0.393 e. The normalized spacial score (nSPS) is 26.9. The number of thiocarbonyl (C=S) groups is 1. The summed E-state index contributed by atoms with van der Waals surface area (Å²) in [6, 6.07) is 0.908. The van der Waals surface area contributed by atoms with Crippen LogP contribution in [0.25, 0.3) is 0 Å². The predicted octanol–water partition coefficient (Wildman–Crippen LogP) is 1.16. The van der Waals surface area contributed by atoms with Crippen LogP contribution in [-0.4, -0.2) is 41.7 Å². The lowest BCUT2D eigenvalue weighted by Crippen LogP contribution is -2.43. The van der Waals surface area contributed by atoms with Gasteiger partial charge in [0.2, 0.25) is 0 Å². The summed E-state index contributed by atoms with van der Waals surface area (Å²) in [4.78, 5) is 3.04. The molecule has 3 nitrogen and oxygen atoms in total. The lowest BCUT2D eigenvalue weighted by atomic mass is 10.1. The van der Waals surface area contributed by atoms with Crippen molar-refractivity contribution in [2.45, 2.75) is 38.8 Å². The van der Waals surface area contributed by atoms with Crippen LogP contribution in [0.3, 0.4) is 0 Å². The van der Waals surface area contributed by atoms with Crippen LogP contribution in [0.15, 0.2) is 0 Å². The van der Waals surface area contributed by atoms with Gasteiger partial charge in [0.15, 0.2) is 0 Å². The highest BCUT2D eigenvalue weighted by Crippen LogP contribution is 2.13. The summed E-state index contributed by atoms with van der Waals surface area (Å²) in [5.74, 6) is 0. The van der Waals surface area contributed by atoms with E-state index in [9.17, 15) is 0 Å². The van der Waals surface area contributed by atoms with Crippen molar-refractivity contribution in [3.8, 4) is 0 Å². The van der Waals surface area contributed by atoms with Gasteiger partial charge in [-0.1, -0.05) is 12.2 Å². The molecule has 1 saturated heterocycles. The van der Waals surface area contributed by atoms with E-state index in [2.05, 4.69) is 18.7 Å². The molecule has 82 valence electrons. The van der Waals surface area contributed by atoms with Crippen molar-refractivity contribution >= 4 is 17.2 Å². The van der Waals surface area contributed by atoms with Crippen molar-refractivity contribution in [1.29, 1.82) is 0 Å². The Hall–Kier alpha value is -0.190. The molecule has 4 heteroatoms. The van der Waals surface area contributed by atoms with Gasteiger partial charge in [-0.2, -0.15) is 0 Å².